The molecule has 0 atom stereocenters. The van der Waals surface area contributed by atoms with E-state index in [0.717, 1.165) is 5.56 Å². The lowest BCUT2D eigenvalue weighted by Gasteiger charge is -2.09. The summed E-state index contributed by atoms with van der Waals surface area (Å²) in [5.74, 6) is 0.397. The van der Waals surface area contributed by atoms with Gasteiger partial charge in [-0.05, 0) is 55.0 Å². The third-order valence-electron chi connectivity index (χ3n) is 3.50. The highest BCUT2D eigenvalue weighted by Gasteiger charge is 2.24. The summed E-state index contributed by atoms with van der Waals surface area (Å²) in [4.78, 5) is 16.2. The van der Waals surface area contributed by atoms with Crippen molar-refractivity contribution in [2.24, 2.45) is 4.99 Å². The topological polar surface area (TPSA) is 57.1 Å². The molecule has 128 valence electrons. The molecule has 0 saturated heterocycles. The first-order valence-corrected chi connectivity index (χ1v) is 7.70. The monoisotopic (exact) mass is 341 g/mol. The number of cyclic esters (lactones) is 1. The molecule has 0 saturated carbocycles. The fraction of sp³-hybridized carbons (Fsp3) is 0.158. The van der Waals surface area contributed by atoms with Crippen molar-refractivity contribution in [1.29, 1.82) is 0 Å². The van der Waals surface area contributed by atoms with Gasteiger partial charge >= 0.3 is 5.97 Å². The molecule has 1 aliphatic heterocycles. The van der Waals surface area contributed by atoms with Crippen LogP contribution < -0.4 is 9.47 Å². The lowest BCUT2D eigenvalue weighted by Crippen LogP contribution is -2.05. The number of rotatable bonds is 5. The molecule has 25 heavy (non-hydrogen) atoms. The van der Waals surface area contributed by atoms with E-state index in [2.05, 4.69) is 4.99 Å². The minimum Gasteiger partial charge on any atom is -0.493 e. The molecule has 2 aromatic rings. The third kappa shape index (κ3) is 3.68. The van der Waals surface area contributed by atoms with Gasteiger partial charge in [0.2, 0.25) is 5.90 Å². The summed E-state index contributed by atoms with van der Waals surface area (Å²) in [7, 11) is 1.55. The van der Waals surface area contributed by atoms with Gasteiger partial charge in [0, 0.05) is 5.56 Å². The molecule has 5 nitrogen and oxygen atoms in total. The summed E-state index contributed by atoms with van der Waals surface area (Å²) >= 11 is 0. The molecule has 0 radical (unpaired) electrons. The molecule has 0 aliphatic carbocycles. The molecule has 0 aromatic heterocycles. The number of carbonyl (C=O) groups is 1. The number of hydrogen-bond acceptors (Lipinski definition) is 5. The van der Waals surface area contributed by atoms with Gasteiger partial charge in [-0.15, -0.1) is 0 Å². The molecule has 1 aliphatic rings. The van der Waals surface area contributed by atoms with Gasteiger partial charge in [0.25, 0.3) is 0 Å². The SMILES string of the molecule is CCOc1ccc(/C=C2\N=C(c3ccc(F)cc3)OC2=O)cc1OC. The Morgan fingerprint density at radius 3 is 2.60 bits per heavy atom. The molecule has 0 N–H and O–H groups in total. The van der Waals surface area contributed by atoms with E-state index in [1.165, 1.54) is 24.3 Å². The zero-order chi connectivity index (χ0) is 17.8. The van der Waals surface area contributed by atoms with Crippen LogP contribution in [0.2, 0.25) is 0 Å². The fourth-order valence-electron chi connectivity index (χ4n) is 2.33. The van der Waals surface area contributed by atoms with Gasteiger partial charge in [0.15, 0.2) is 17.2 Å². The molecule has 0 spiro atoms. The molecule has 0 unspecified atom stereocenters. The zero-order valence-electron chi connectivity index (χ0n) is 13.8. The average Bonchev–Trinajstić information content (AvgIpc) is 2.97. The highest BCUT2D eigenvalue weighted by atomic mass is 19.1. The smallest absolute Gasteiger partial charge is 0.363 e. The number of nitrogens with zero attached hydrogens (tertiary/aromatic N) is 1. The normalized spacial score (nSPS) is 15.1. The summed E-state index contributed by atoms with van der Waals surface area (Å²) in [6.07, 6.45) is 1.59. The summed E-state index contributed by atoms with van der Waals surface area (Å²) < 4.78 is 28.9. The Kier molecular flexibility index (Phi) is 4.79. The molecular weight excluding hydrogens is 325 g/mol. The lowest BCUT2D eigenvalue weighted by atomic mass is 10.1. The van der Waals surface area contributed by atoms with Crippen LogP contribution in [-0.2, 0) is 9.53 Å². The van der Waals surface area contributed by atoms with Crippen molar-refractivity contribution in [3.05, 3.63) is 65.1 Å². The van der Waals surface area contributed by atoms with E-state index in [0.29, 0.717) is 23.7 Å². The summed E-state index contributed by atoms with van der Waals surface area (Å²) in [5.41, 5.74) is 1.41. The van der Waals surface area contributed by atoms with Crippen LogP contribution in [0.15, 0.2) is 53.2 Å². The van der Waals surface area contributed by atoms with Crippen molar-refractivity contribution in [2.75, 3.05) is 13.7 Å². The highest BCUT2D eigenvalue weighted by molar-refractivity contribution is 6.12. The van der Waals surface area contributed by atoms with Crippen molar-refractivity contribution in [3.8, 4) is 11.5 Å². The number of methoxy groups -OCH3 is 1. The van der Waals surface area contributed by atoms with Crippen LogP contribution >= 0.6 is 0 Å². The lowest BCUT2D eigenvalue weighted by molar-refractivity contribution is -0.129. The van der Waals surface area contributed by atoms with Gasteiger partial charge in [-0.1, -0.05) is 6.07 Å². The van der Waals surface area contributed by atoms with Crippen LogP contribution in [0.25, 0.3) is 6.08 Å². The van der Waals surface area contributed by atoms with Gasteiger partial charge in [0.1, 0.15) is 5.82 Å². The molecule has 1 heterocycles. The molecule has 0 bridgehead atoms. The maximum Gasteiger partial charge on any atom is 0.363 e. The number of aliphatic imine (C=N–C) groups is 1. The molecule has 3 rings (SSSR count). The van der Waals surface area contributed by atoms with E-state index in [4.69, 9.17) is 14.2 Å². The molecule has 6 heteroatoms. The molecular formula is C19H16FNO4. The van der Waals surface area contributed by atoms with Crippen LogP contribution in [0.5, 0.6) is 11.5 Å². The van der Waals surface area contributed by atoms with Crippen LogP contribution in [0.3, 0.4) is 0 Å². The van der Waals surface area contributed by atoms with Gasteiger partial charge in [-0.3, -0.25) is 0 Å². The van der Waals surface area contributed by atoms with Gasteiger partial charge in [-0.25, -0.2) is 14.2 Å². The second kappa shape index (κ2) is 7.17. The van der Waals surface area contributed by atoms with Crippen molar-refractivity contribution < 1.29 is 23.4 Å². The van der Waals surface area contributed by atoms with Gasteiger partial charge in [-0.2, -0.15) is 0 Å². The van der Waals surface area contributed by atoms with Crippen LogP contribution in [0, 0.1) is 5.82 Å². The first kappa shape index (κ1) is 16.7. The van der Waals surface area contributed by atoms with E-state index >= 15 is 0 Å². The standard InChI is InChI=1S/C19H16FNO4/c1-3-24-16-9-4-12(11-17(16)23-2)10-15-19(22)25-18(21-15)13-5-7-14(20)8-6-13/h4-11H,3H2,1-2H3/b15-10-. The van der Waals surface area contributed by atoms with E-state index in [1.54, 1.807) is 31.4 Å². The van der Waals surface area contributed by atoms with E-state index < -0.39 is 5.97 Å². The van der Waals surface area contributed by atoms with Gasteiger partial charge in [0.05, 0.1) is 13.7 Å². The fourth-order valence-corrected chi connectivity index (χ4v) is 2.33. The largest absolute Gasteiger partial charge is 0.493 e. The van der Waals surface area contributed by atoms with E-state index in [1.807, 2.05) is 6.92 Å². The predicted molar refractivity (Wildman–Crippen MR) is 91.2 cm³/mol. The first-order valence-electron chi connectivity index (χ1n) is 7.70. The number of hydrogen-bond donors (Lipinski definition) is 0. The Labute approximate surface area is 144 Å². The quantitative estimate of drug-likeness (QED) is 0.616. The van der Waals surface area contributed by atoms with Crippen molar-refractivity contribution in [1.82, 2.24) is 0 Å². The first-order chi connectivity index (χ1) is 12.1. The minimum atomic E-state index is -0.563. The van der Waals surface area contributed by atoms with Crippen LogP contribution in [-0.4, -0.2) is 25.6 Å². The van der Waals surface area contributed by atoms with Crippen LogP contribution in [0.1, 0.15) is 18.1 Å². The predicted octanol–water partition coefficient (Wildman–Crippen LogP) is 3.58. The van der Waals surface area contributed by atoms with Gasteiger partial charge < -0.3 is 14.2 Å². The maximum absolute atomic E-state index is 13.0. The maximum atomic E-state index is 13.0. The second-order valence-corrected chi connectivity index (χ2v) is 5.19. The highest BCUT2D eigenvalue weighted by Crippen LogP contribution is 2.29. The molecule has 0 amide bonds. The number of esters is 1. The van der Waals surface area contributed by atoms with Crippen LogP contribution in [0.4, 0.5) is 4.39 Å². The molecule has 2 aromatic carbocycles. The zero-order valence-corrected chi connectivity index (χ0v) is 13.8. The average molecular weight is 341 g/mol. The van der Waals surface area contributed by atoms with Crippen molar-refractivity contribution in [2.45, 2.75) is 6.92 Å². The molecule has 0 fully saturated rings. The van der Waals surface area contributed by atoms with E-state index in [-0.39, 0.29) is 17.4 Å². The van der Waals surface area contributed by atoms with Crippen molar-refractivity contribution in [3.63, 3.8) is 0 Å². The number of carbonyl (C=O) groups excluding carboxylic acids is 1. The number of halogens is 1. The number of ether oxygens (including phenoxy) is 3. The Morgan fingerprint density at radius 1 is 1.16 bits per heavy atom. The Balaban J connectivity index is 1.90. The third-order valence-corrected chi connectivity index (χ3v) is 3.50. The van der Waals surface area contributed by atoms with Crippen molar-refractivity contribution >= 4 is 17.9 Å². The minimum absolute atomic E-state index is 0.147. The second-order valence-electron chi connectivity index (χ2n) is 5.19. The number of benzene rings is 2. The van der Waals surface area contributed by atoms with E-state index in [9.17, 15) is 9.18 Å². The Bertz CT molecular complexity index is 856. The Morgan fingerprint density at radius 2 is 1.92 bits per heavy atom. The summed E-state index contributed by atoms with van der Waals surface area (Å²) in [6, 6.07) is 10.9. The Hall–Kier alpha value is -3.15. The summed E-state index contributed by atoms with van der Waals surface area (Å²) in [6.45, 7) is 2.41. The summed E-state index contributed by atoms with van der Waals surface area (Å²) in [5, 5.41) is 0.